The normalized spacial score (nSPS) is 14.8. The summed E-state index contributed by atoms with van der Waals surface area (Å²) >= 11 is 5.63. The first-order chi connectivity index (χ1) is 7.16. The first kappa shape index (κ1) is 10.1. The zero-order valence-corrected chi connectivity index (χ0v) is 8.88. The van der Waals surface area contributed by atoms with Crippen LogP contribution in [0.3, 0.4) is 0 Å². The van der Waals surface area contributed by atoms with Gasteiger partial charge in [0, 0.05) is 11.8 Å². The van der Waals surface area contributed by atoms with Gasteiger partial charge in [0.25, 0.3) is 0 Å². The quantitative estimate of drug-likeness (QED) is 0.786. The Kier molecular flexibility index (Phi) is 2.68. The van der Waals surface area contributed by atoms with Crippen molar-refractivity contribution in [2.75, 3.05) is 12.1 Å². The van der Waals surface area contributed by atoms with Crippen LogP contribution in [0.15, 0.2) is 18.2 Å². The number of carbonyl (C=O) groups excluding carboxylic acids is 1. The van der Waals surface area contributed by atoms with Crippen molar-refractivity contribution < 1.29 is 14.3 Å². The van der Waals surface area contributed by atoms with Gasteiger partial charge in [-0.05, 0) is 19.1 Å². The van der Waals surface area contributed by atoms with Crippen molar-refractivity contribution in [2.24, 2.45) is 0 Å². The van der Waals surface area contributed by atoms with Crippen molar-refractivity contribution in [3.8, 4) is 11.5 Å². The van der Waals surface area contributed by atoms with E-state index in [1.165, 1.54) is 0 Å². The zero-order valence-electron chi connectivity index (χ0n) is 8.12. The number of halogens is 1. The van der Waals surface area contributed by atoms with Gasteiger partial charge >= 0.3 is 0 Å². The van der Waals surface area contributed by atoms with Crippen LogP contribution in [0.4, 0.5) is 5.69 Å². The molecule has 1 atom stereocenters. The lowest BCUT2D eigenvalue weighted by Gasteiger charge is -2.06. The highest BCUT2D eigenvalue weighted by molar-refractivity contribution is 6.32. The molecule has 0 bridgehead atoms. The molecule has 1 heterocycles. The lowest BCUT2D eigenvalue weighted by Crippen LogP contribution is -2.20. The van der Waals surface area contributed by atoms with Crippen molar-refractivity contribution in [1.29, 1.82) is 0 Å². The second kappa shape index (κ2) is 3.98. The molecule has 0 aromatic heterocycles. The third-order valence-corrected chi connectivity index (χ3v) is 2.20. The SMILES string of the molecule is CC(Cl)C(=O)Nc1ccc2c(c1)OCO2. The molecule has 1 aromatic carbocycles. The van der Waals surface area contributed by atoms with Crippen LogP contribution in [0.25, 0.3) is 0 Å². The third-order valence-electron chi connectivity index (χ3n) is 2.00. The molecule has 4 nitrogen and oxygen atoms in total. The van der Waals surface area contributed by atoms with Gasteiger partial charge in [-0.15, -0.1) is 11.6 Å². The molecular weight excluding hydrogens is 218 g/mol. The van der Waals surface area contributed by atoms with Crippen molar-refractivity contribution in [2.45, 2.75) is 12.3 Å². The van der Waals surface area contributed by atoms with Crippen LogP contribution >= 0.6 is 11.6 Å². The maximum Gasteiger partial charge on any atom is 0.242 e. The first-order valence-electron chi connectivity index (χ1n) is 4.51. The maximum absolute atomic E-state index is 11.3. The Morgan fingerprint density at radius 3 is 2.93 bits per heavy atom. The highest BCUT2D eigenvalue weighted by atomic mass is 35.5. The second-order valence-corrected chi connectivity index (χ2v) is 3.83. The number of alkyl halides is 1. The predicted molar refractivity (Wildman–Crippen MR) is 56.5 cm³/mol. The fourth-order valence-electron chi connectivity index (χ4n) is 1.22. The van der Waals surface area contributed by atoms with E-state index in [4.69, 9.17) is 21.1 Å². The highest BCUT2D eigenvalue weighted by Gasteiger charge is 2.15. The standard InChI is InChI=1S/C10H10ClNO3/c1-6(11)10(13)12-7-2-3-8-9(4-7)15-5-14-8/h2-4,6H,5H2,1H3,(H,12,13). The first-order valence-corrected chi connectivity index (χ1v) is 4.95. The molecule has 0 aliphatic carbocycles. The summed E-state index contributed by atoms with van der Waals surface area (Å²) in [4.78, 5) is 11.3. The average molecular weight is 228 g/mol. The Morgan fingerprint density at radius 1 is 1.47 bits per heavy atom. The lowest BCUT2D eigenvalue weighted by atomic mass is 10.2. The van der Waals surface area contributed by atoms with Gasteiger partial charge in [-0.25, -0.2) is 0 Å². The minimum Gasteiger partial charge on any atom is -0.454 e. The number of hydrogen-bond acceptors (Lipinski definition) is 3. The highest BCUT2D eigenvalue weighted by Crippen LogP contribution is 2.34. The number of carbonyl (C=O) groups is 1. The fourth-order valence-corrected chi connectivity index (χ4v) is 1.27. The van der Waals surface area contributed by atoms with E-state index >= 15 is 0 Å². The summed E-state index contributed by atoms with van der Waals surface area (Å²) in [6.07, 6.45) is 0. The van der Waals surface area contributed by atoms with Crippen LogP contribution in [-0.4, -0.2) is 18.1 Å². The van der Waals surface area contributed by atoms with E-state index in [0.29, 0.717) is 17.2 Å². The van der Waals surface area contributed by atoms with Crippen molar-refractivity contribution in [1.82, 2.24) is 0 Å². The maximum atomic E-state index is 11.3. The Labute approximate surface area is 92.1 Å². The predicted octanol–water partition coefficient (Wildman–Crippen LogP) is 1.98. The number of benzene rings is 1. The summed E-state index contributed by atoms with van der Waals surface area (Å²) in [6, 6.07) is 5.20. The van der Waals surface area contributed by atoms with Gasteiger partial charge in [0.2, 0.25) is 12.7 Å². The average Bonchev–Trinajstić information content (AvgIpc) is 2.64. The van der Waals surface area contributed by atoms with E-state index in [1.807, 2.05) is 0 Å². The van der Waals surface area contributed by atoms with Crippen LogP contribution in [0.1, 0.15) is 6.92 Å². The molecule has 1 aromatic rings. The van der Waals surface area contributed by atoms with Gasteiger partial charge in [0.1, 0.15) is 5.38 Å². The number of ether oxygens (including phenoxy) is 2. The van der Waals surface area contributed by atoms with Gasteiger partial charge < -0.3 is 14.8 Å². The number of rotatable bonds is 2. The Hall–Kier alpha value is -1.42. The summed E-state index contributed by atoms with van der Waals surface area (Å²) in [6.45, 7) is 1.84. The van der Waals surface area contributed by atoms with Crippen LogP contribution in [0, 0.1) is 0 Å². The summed E-state index contributed by atoms with van der Waals surface area (Å²) in [7, 11) is 0. The molecule has 15 heavy (non-hydrogen) atoms. The molecule has 1 unspecified atom stereocenters. The summed E-state index contributed by atoms with van der Waals surface area (Å²) < 4.78 is 10.3. The molecular formula is C10H10ClNO3. The van der Waals surface area contributed by atoms with Gasteiger partial charge in [-0.2, -0.15) is 0 Å². The van der Waals surface area contributed by atoms with Crippen molar-refractivity contribution in [3.05, 3.63) is 18.2 Å². The van der Waals surface area contributed by atoms with Gasteiger partial charge in [-0.3, -0.25) is 4.79 Å². The summed E-state index contributed by atoms with van der Waals surface area (Å²) in [5.41, 5.74) is 0.650. The fraction of sp³-hybridized carbons (Fsp3) is 0.300. The van der Waals surface area contributed by atoms with E-state index in [-0.39, 0.29) is 12.7 Å². The summed E-state index contributed by atoms with van der Waals surface area (Å²) in [5, 5.41) is 2.10. The molecule has 0 radical (unpaired) electrons. The smallest absolute Gasteiger partial charge is 0.242 e. The molecule has 80 valence electrons. The van der Waals surface area contributed by atoms with Gasteiger partial charge in [-0.1, -0.05) is 0 Å². The Morgan fingerprint density at radius 2 is 2.20 bits per heavy atom. The van der Waals surface area contributed by atoms with E-state index < -0.39 is 5.38 Å². The van der Waals surface area contributed by atoms with E-state index in [2.05, 4.69) is 5.32 Å². The largest absolute Gasteiger partial charge is 0.454 e. The summed E-state index contributed by atoms with van der Waals surface area (Å²) in [5.74, 6) is 1.08. The van der Waals surface area contributed by atoms with Crippen LogP contribution in [0.2, 0.25) is 0 Å². The lowest BCUT2D eigenvalue weighted by molar-refractivity contribution is -0.115. The molecule has 0 spiro atoms. The third kappa shape index (κ3) is 2.15. The molecule has 1 aliphatic rings. The number of fused-ring (bicyclic) bond motifs is 1. The van der Waals surface area contributed by atoms with E-state index in [1.54, 1.807) is 25.1 Å². The second-order valence-electron chi connectivity index (χ2n) is 3.17. The molecule has 0 saturated carbocycles. The van der Waals surface area contributed by atoms with Gasteiger partial charge in [0.05, 0.1) is 0 Å². The number of hydrogen-bond donors (Lipinski definition) is 1. The molecule has 2 rings (SSSR count). The van der Waals surface area contributed by atoms with Crippen molar-refractivity contribution >= 4 is 23.2 Å². The van der Waals surface area contributed by atoms with Crippen molar-refractivity contribution in [3.63, 3.8) is 0 Å². The van der Waals surface area contributed by atoms with E-state index in [0.717, 1.165) is 0 Å². The van der Waals surface area contributed by atoms with Crippen LogP contribution in [-0.2, 0) is 4.79 Å². The molecule has 1 aliphatic heterocycles. The monoisotopic (exact) mass is 227 g/mol. The minimum absolute atomic E-state index is 0.221. The molecule has 1 amide bonds. The number of anilines is 1. The topological polar surface area (TPSA) is 47.6 Å². The van der Waals surface area contributed by atoms with E-state index in [9.17, 15) is 4.79 Å². The minimum atomic E-state index is -0.560. The number of amides is 1. The van der Waals surface area contributed by atoms with Gasteiger partial charge in [0.15, 0.2) is 11.5 Å². The van der Waals surface area contributed by atoms with Crippen LogP contribution in [0.5, 0.6) is 11.5 Å². The molecule has 5 heteroatoms. The molecule has 0 saturated heterocycles. The molecule has 0 fully saturated rings. The van der Waals surface area contributed by atoms with Crippen LogP contribution < -0.4 is 14.8 Å². The molecule has 1 N–H and O–H groups in total. The Bertz CT molecular complexity index is 392. The zero-order chi connectivity index (χ0) is 10.8. The number of nitrogens with one attached hydrogen (secondary N) is 1. The Balaban J connectivity index is 2.13.